The van der Waals surface area contributed by atoms with Crippen molar-refractivity contribution in [2.75, 3.05) is 0 Å². The van der Waals surface area contributed by atoms with Gasteiger partial charge in [-0.15, -0.1) is 0 Å². The van der Waals surface area contributed by atoms with Crippen LogP contribution < -0.4 is 10.2 Å². The van der Waals surface area contributed by atoms with Crippen LogP contribution >= 0.6 is 0 Å². The van der Waals surface area contributed by atoms with Gasteiger partial charge in [0, 0.05) is 5.56 Å². The van der Waals surface area contributed by atoms with E-state index in [0.29, 0.717) is 6.07 Å². The molecule has 0 radical (unpaired) electrons. The lowest BCUT2D eigenvalue weighted by Gasteiger charge is -2.14. The van der Waals surface area contributed by atoms with Crippen LogP contribution in [0.4, 0.5) is 22.4 Å². The fourth-order valence-electron chi connectivity index (χ4n) is 2.55. The first-order valence-electron chi connectivity index (χ1n) is 7.14. The SMILES string of the molecule is O=C(O)Oc1cn(Cc2ccc(F)c(F)c2F)c2c(F)cccc2c1=O. The van der Waals surface area contributed by atoms with E-state index in [4.69, 9.17) is 5.11 Å². The van der Waals surface area contributed by atoms with Gasteiger partial charge in [0.25, 0.3) is 0 Å². The predicted octanol–water partition coefficient (Wildman–Crippen LogP) is 3.66. The number of carbonyl (C=O) groups is 1. The van der Waals surface area contributed by atoms with Gasteiger partial charge in [-0.2, -0.15) is 0 Å². The molecule has 0 aliphatic carbocycles. The first-order valence-corrected chi connectivity index (χ1v) is 7.14. The fourth-order valence-corrected chi connectivity index (χ4v) is 2.55. The third-order valence-corrected chi connectivity index (χ3v) is 3.67. The number of fused-ring (bicyclic) bond motifs is 1. The van der Waals surface area contributed by atoms with Crippen LogP contribution in [-0.2, 0) is 6.54 Å². The van der Waals surface area contributed by atoms with Gasteiger partial charge in [-0.1, -0.05) is 12.1 Å². The second-order valence-corrected chi connectivity index (χ2v) is 5.29. The maximum atomic E-state index is 14.2. The van der Waals surface area contributed by atoms with Crippen molar-refractivity contribution in [3.8, 4) is 5.75 Å². The molecule has 0 aliphatic rings. The molecule has 9 heteroatoms. The largest absolute Gasteiger partial charge is 0.511 e. The van der Waals surface area contributed by atoms with Crippen LogP contribution in [0.5, 0.6) is 5.75 Å². The Morgan fingerprint density at radius 2 is 1.77 bits per heavy atom. The van der Waals surface area contributed by atoms with Crippen LogP contribution in [0.25, 0.3) is 10.9 Å². The number of halogens is 4. The van der Waals surface area contributed by atoms with Gasteiger partial charge in [0.15, 0.2) is 23.2 Å². The van der Waals surface area contributed by atoms with Crippen LogP contribution in [0.3, 0.4) is 0 Å². The molecule has 0 fully saturated rings. The minimum atomic E-state index is -1.77. The molecule has 134 valence electrons. The number of rotatable bonds is 3. The van der Waals surface area contributed by atoms with Crippen molar-refractivity contribution in [1.29, 1.82) is 0 Å². The van der Waals surface area contributed by atoms with Crippen LogP contribution in [0.2, 0.25) is 0 Å². The van der Waals surface area contributed by atoms with Crippen LogP contribution in [0, 0.1) is 23.3 Å². The third kappa shape index (κ3) is 2.99. The molecule has 0 aliphatic heterocycles. The van der Waals surface area contributed by atoms with E-state index in [1.807, 2.05) is 0 Å². The summed E-state index contributed by atoms with van der Waals surface area (Å²) in [5.74, 6) is -6.05. The van der Waals surface area contributed by atoms with Gasteiger partial charge >= 0.3 is 6.16 Å². The lowest BCUT2D eigenvalue weighted by molar-refractivity contribution is 0.144. The van der Waals surface area contributed by atoms with Gasteiger partial charge in [0.05, 0.1) is 23.6 Å². The maximum absolute atomic E-state index is 14.2. The average molecular weight is 367 g/mol. The normalized spacial score (nSPS) is 10.9. The van der Waals surface area contributed by atoms with Crippen LogP contribution in [-0.4, -0.2) is 15.8 Å². The van der Waals surface area contributed by atoms with E-state index in [9.17, 15) is 27.2 Å². The summed E-state index contributed by atoms with van der Waals surface area (Å²) in [6, 6.07) is 5.15. The predicted molar refractivity (Wildman–Crippen MR) is 82.2 cm³/mol. The Kier molecular flexibility index (Phi) is 4.37. The third-order valence-electron chi connectivity index (χ3n) is 3.67. The number of aromatic nitrogens is 1. The molecule has 0 spiro atoms. The molecule has 1 N–H and O–H groups in total. The number of carboxylic acid groups (broad SMARTS) is 1. The molecule has 0 unspecified atom stereocenters. The summed E-state index contributed by atoms with van der Waals surface area (Å²) in [6.45, 7) is -0.503. The number of benzene rings is 2. The Labute approximate surface area is 142 Å². The monoisotopic (exact) mass is 367 g/mol. The van der Waals surface area contributed by atoms with E-state index in [0.717, 1.165) is 22.9 Å². The summed E-state index contributed by atoms with van der Waals surface area (Å²) in [5.41, 5.74) is -1.48. The molecule has 0 bridgehead atoms. The average Bonchev–Trinajstić information content (AvgIpc) is 2.59. The van der Waals surface area contributed by atoms with Crippen molar-refractivity contribution in [2.24, 2.45) is 0 Å². The minimum Gasteiger partial charge on any atom is -0.449 e. The molecular weight excluding hydrogens is 358 g/mol. The molecular formula is C17H9F4NO4. The topological polar surface area (TPSA) is 68.5 Å². The van der Waals surface area contributed by atoms with Crippen molar-refractivity contribution in [1.82, 2.24) is 4.57 Å². The van der Waals surface area contributed by atoms with Crippen molar-refractivity contribution in [3.05, 3.63) is 75.6 Å². The molecule has 0 saturated heterocycles. The summed E-state index contributed by atoms with van der Waals surface area (Å²) < 4.78 is 60.0. The quantitative estimate of drug-likeness (QED) is 0.436. The van der Waals surface area contributed by atoms with Crippen molar-refractivity contribution in [3.63, 3.8) is 0 Å². The van der Waals surface area contributed by atoms with E-state index in [1.54, 1.807) is 0 Å². The summed E-state index contributed by atoms with van der Waals surface area (Å²) in [7, 11) is 0. The highest BCUT2D eigenvalue weighted by Crippen LogP contribution is 2.22. The van der Waals surface area contributed by atoms with Gasteiger partial charge in [-0.25, -0.2) is 22.4 Å². The molecule has 3 rings (SSSR count). The highest BCUT2D eigenvalue weighted by molar-refractivity contribution is 5.81. The first kappa shape index (κ1) is 17.5. The van der Waals surface area contributed by atoms with Crippen molar-refractivity contribution < 1.29 is 32.2 Å². The number of hydrogen-bond donors (Lipinski definition) is 1. The van der Waals surface area contributed by atoms with Gasteiger partial charge in [-0.05, 0) is 18.2 Å². The highest BCUT2D eigenvalue weighted by Gasteiger charge is 2.18. The van der Waals surface area contributed by atoms with Gasteiger partial charge in [0.1, 0.15) is 5.82 Å². The number of ether oxygens (including phenoxy) is 1. The summed E-state index contributed by atoms with van der Waals surface area (Å²) in [4.78, 5) is 23.0. The fraction of sp³-hybridized carbons (Fsp3) is 0.0588. The summed E-state index contributed by atoms with van der Waals surface area (Å²) in [6.07, 6.45) is -0.911. The molecule has 0 atom stereocenters. The smallest absolute Gasteiger partial charge is 0.449 e. The van der Waals surface area contributed by atoms with Crippen molar-refractivity contribution >= 4 is 17.1 Å². The van der Waals surface area contributed by atoms with E-state index in [1.165, 1.54) is 12.1 Å². The zero-order chi connectivity index (χ0) is 19.0. The number of para-hydroxylation sites is 1. The molecule has 26 heavy (non-hydrogen) atoms. The number of nitrogens with zero attached hydrogens (tertiary/aromatic N) is 1. The van der Waals surface area contributed by atoms with Crippen molar-refractivity contribution in [2.45, 2.75) is 6.54 Å². The van der Waals surface area contributed by atoms with Crippen LogP contribution in [0.1, 0.15) is 5.56 Å². The minimum absolute atomic E-state index is 0.216. The zero-order valence-corrected chi connectivity index (χ0v) is 12.8. The van der Waals surface area contributed by atoms with E-state index in [2.05, 4.69) is 4.74 Å². The Morgan fingerprint density at radius 1 is 1.04 bits per heavy atom. The second kappa shape index (κ2) is 6.51. The standard InChI is InChI=1S/C17H9F4NO4/c18-10-5-4-8(13(20)14(10)21)6-22-7-12(26-17(24)25)16(23)9-2-1-3-11(19)15(9)22/h1-5,7H,6H2,(H,24,25). The summed E-state index contributed by atoms with van der Waals surface area (Å²) in [5, 5.41) is 8.50. The van der Waals surface area contributed by atoms with E-state index >= 15 is 0 Å². The zero-order valence-electron chi connectivity index (χ0n) is 12.8. The first-order chi connectivity index (χ1) is 12.3. The Morgan fingerprint density at radius 3 is 2.46 bits per heavy atom. The molecule has 0 saturated carbocycles. The molecule has 1 aromatic heterocycles. The summed E-state index contributed by atoms with van der Waals surface area (Å²) >= 11 is 0. The Hall–Kier alpha value is -3.36. The lowest BCUT2D eigenvalue weighted by Crippen LogP contribution is -2.17. The molecule has 5 nitrogen and oxygen atoms in total. The Balaban J connectivity index is 2.25. The molecule has 2 aromatic carbocycles. The van der Waals surface area contributed by atoms with E-state index in [-0.39, 0.29) is 16.5 Å². The molecule has 1 heterocycles. The van der Waals surface area contributed by atoms with Crippen LogP contribution in [0.15, 0.2) is 41.3 Å². The van der Waals surface area contributed by atoms with Gasteiger partial charge in [0.2, 0.25) is 5.43 Å². The molecule has 3 aromatic rings. The second-order valence-electron chi connectivity index (χ2n) is 5.29. The number of hydrogen-bond acceptors (Lipinski definition) is 3. The van der Waals surface area contributed by atoms with Gasteiger partial charge in [-0.3, -0.25) is 4.79 Å². The molecule has 0 amide bonds. The van der Waals surface area contributed by atoms with E-state index < -0.39 is 47.1 Å². The maximum Gasteiger partial charge on any atom is 0.511 e. The Bertz CT molecular complexity index is 1090. The number of pyridine rings is 1. The highest BCUT2D eigenvalue weighted by atomic mass is 19.2. The lowest BCUT2D eigenvalue weighted by atomic mass is 10.1. The van der Waals surface area contributed by atoms with Gasteiger partial charge < -0.3 is 14.4 Å².